The second-order valence-electron chi connectivity index (χ2n) is 12.6. The highest BCUT2D eigenvalue weighted by Gasteiger charge is 2.41. The predicted molar refractivity (Wildman–Crippen MR) is 168 cm³/mol. The molecule has 1 heterocycles. The number of hydrogen-bond acceptors (Lipinski definition) is 5. The highest BCUT2D eigenvalue weighted by molar-refractivity contribution is 9.10. The number of sulfonamides is 2. The van der Waals surface area contributed by atoms with Crippen molar-refractivity contribution in [2.75, 3.05) is 18.0 Å². The van der Waals surface area contributed by atoms with Crippen LogP contribution in [0.4, 0.5) is 5.69 Å². The zero-order valence-corrected chi connectivity index (χ0v) is 28.1. The van der Waals surface area contributed by atoms with Gasteiger partial charge in [0.05, 0.1) is 28.6 Å². The van der Waals surface area contributed by atoms with Crippen LogP contribution in [-0.2, 0) is 37.3 Å². The van der Waals surface area contributed by atoms with E-state index >= 15 is 0 Å². The minimum Gasteiger partial charge on any atom is -0.496 e. The van der Waals surface area contributed by atoms with Crippen molar-refractivity contribution < 1.29 is 21.6 Å². The molecule has 1 N–H and O–H groups in total. The molecule has 0 amide bonds. The van der Waals surface area contributed by atoms with Crippen LogP contribution in [0.15, 0.2) is 68.9 Å². The van der Waals surface area contributed by atoms with Gasteiger partial charge in [0.1, 0.15) is 5.75 Å². The standard InChI is InChI=1S/C31H39BrN2O5S2/c1-20-9-12-24(13-10-20)40(35,36)33-19-23-16-21-15-22(32)11-14-28(21)34(23)41(37,38)25-17-26(30(2,3)4)29(39-8)27(18-25)31(5,6)7/h9-15,17-18,23,33H,16,19H2,1-8H3/t23-/m0/s1. The number of fused-ring (bicyclic) bond motifs is 1. The number of halogens is 1. The van der Waals surface area contributed by atoms with Gasteiger partial charge in [-0.3, -0.25) is 4.31 Å². The lowest BCUT2D eigenvalue weighted by molar-refractivity contribution is 0.380. The Morgan fingerprint density at radius 3 is 1.95 bits per heavy atom. The lowest BCUT2D eigenvalue weighted by Crippen LogP contribution is -2.45. The highest BCUT2D eigenvalue weighted by atomic mass is 79.9. The fourth-order valence-electron chi connectivity index (χ4n) is 5.15. The van der Waals surface area contributed by atoms with Gasteiger partial charge >= 0.3 is 0 Å². The normalized spacial score (nSPS) is 16.1. The highest BCUT2D eigenvalue weighted by Crippen LogP contribution is 2.44. The van der Waals surface area contributed by atoms with E-state index in [9.17, 15) is 16.8 Å². The van der Waals surface area contributed by atoms with Crippen molar-refractivity contribution in [3.63, 3.8) is 0 Å². The van der Waals surface area contributed by atoms with E-state index in [1.807, 2.05) is 54.5 Å². The van der Waals surface area contributed by atoms with Gasteiger partial charge in [0.2, 0.25) is 10.0 Å². The number of aryl methyl sites for hydroxylation is 1. The molecule has 1 aliphatic heterocycles. The molecule has 10 heteroatoms. The Morgan fingerprint density at radius 2 is 1.44 bits per heavy atom. The number of hydrogen-bond donors (Lipinski definition) is 1. The molecule has 1 atom stereocenters. The molecule has 222 valence electrons. The van der Waals surface area contributed by atoms with E-state index in [0.29, 0.717) is 17.9 Å². The maximum absolute atomic E-state index is 14.6. The van der Waals surface area contributed by atoms with Crippen molar-refractivity contribution in [2.45, 2.75) is 81.5 Å². The Kier molecular flexibility index (Phi) is 8.48. The van der Waals surface area contributed by atoms with Crippen LogP contribution in [0.5, 0.6) is 5.75 Å². The fraction of sp³-hybridized carbons (Fsp3) is 0.419. The van der Waals surface area contributed by atoms with Gasteiger partial charge in [0.25, 0.3) is 10.0 Å². The van der Waals surface area contributed by atoms with Crippen molar-refractivity contribution in [3.05, 3.63) is 81.3 Å². The Bertz CT molecular complexity index is 1640. The summed E-state index contributed by atoms with van der Waals surface area (Å²) in [5.74, 6) is 0.678. The van der Waals surface area contributed by atoms with E-state index in [4.69, 9.17) is 4.74 Å². The Balaban J connectivity index is 1.83. The van der Waals surface area contributed by atoms with Crippen LogP contribution < -0.4 is 13.8 Å². The Hall–Kier alpha value is -2.40. The van der Waals surface area contributed by atoms with Crippen LogP contribution >= 0.6 is 15.9 Å². The summed E-state index contributed by atoms with van der Waals surface area (Å²) in [6.07, 6.45) is 0.360. The van der Waals surface area contributed by atoms with Gasteiger partial charge in [-0.1, -0.05) is 75.2 Å². The van der Waals surface area contributed by atoms with Gasteiger partial charge in [-0.05, 0) is 72.2 Å². The largest absolute Gasteiger partial charge is 0.496 e. The molecule has 7 nitrogen and oxygen atoms in total. The molecule has 0 aromatic heterocycles. The van der Waals surface area contributed by atoms with Crippen LogP contribution in [0.2, 0.25) is 0 Å². The molecule has 0 saturated heterocycles. The van der Waals surface area contributed by atoms with Crippen molar-refractivity contribution in [1.29, 1.82) is 0 Å². The molecule has 0 fully saturated rings. The third-order valence-corrected chi connectivity index (χ3v) is 11.1. The van der Waals surface area contributed by atoms with E-state index in [0.717, 1.165) is 26.7 Å². The first-order valence-corrected chi connectivity index (χ1v) is 17.2. The number of methoxy groups -OCH3 is 1. The van der Waals surface area contributed by atoms with Crippen molar-refractivity contribution in [1.82, 2.24) is 4.72 Å². The average molecular weight is 664 g/mol. The van der Waals surface area contributed by atoms with Crippen molar-refractivity contribution >= 4 is 41.7 Å². The molecule has 3 aromatic rings. The van der Waals surface area contributed by atoms with E-state index in [2.05, 4.69) is 20.7 Å². The monoisotopic (exact) mass is 662 g/mol. The molecule has 4 rings (SSSR count). The number of anilines is 1. The molecule has 0 unspecified atom stereocenters. The summed E-state index contributed by atoms with van der Waals surface area (Å²) < 4.78 is 66.1. The van der Waals surface area contributed by atoms with Gasteiger partial charge in [-0.25, -0.2) is 21.6 Å². The minimum absolute atomic E-state index is 0.0872. The molecule has 3 aromatic carbocycles. The number of nitrogens with zero attached hydrogens (tertiary/aromatic N) is 1. The van der Waals surface area contributed by atoms with Crippen LogP contribution in [0.3, 0.4) is 0 Å². The molecular formula is C31H39BrN2O5S2. The zero-order chi connectivity index (χ0) is 30.5. The van der Waals surface area contributed by atoms with Gasteiger partial charge in [0.15, 0.2) is 0 Å². The van der Waals surface area contributed by atoms with Crippen molar-refractivity contribution in [2.24, 2.45) is 0 Å². The summed E-state index contributed by atoms with van der Waals surface area (Å²) in [5, 5.41) is 0. The molecule has 0 aliphatic carbocycles. The van der Waals surface area contributed by atoms with Crippen LogP contribution in [0.25, 0.3) is 0 Å². The number of nitrogens with one attached hydrogen (secondary N) is 1. The summed E-state index contributed by atoms with van der Waals surface area (Å²) in [7, 11) is -6.36. The van der Waals surface area contributed by atoms with E-state index < -0.39 is 36.9 Å². The number of ether oxygens (including phenoxy) is 1. The van der Waals surface area contributed by atoms with E-state index in [1.165, 1.54) is 4.31 Å². The number of benzene rings is 3. The molecule has 0 saturated carbocycles. The summed E-state index contributed by atoms with van der Waals surface area (Å²) in [5.41, 5.74) is 3.10. The lowest BCUT2D eigenvalue weighted by atomic mass is 9.79. The van der Waals surface area contributed by atoms with Crippen molar-refractivity contribution in [3.8, 4) is 5.75 Å². The quantitative estimate of drug-likeness (QED) is 0.314. The molecular weight excluding hydrogens is 624 g/mol. The Labute approximate surface area is 253 Å². The zero-order valence-electron chi connectivity index (χ0n) is 24.9. The maximum Gasteiger partial charge on any atom is 0.264 e. The van der Waals surface area contributed by atoms with Gasteiger partial charge < -0.3 is 4.74 Å². The fourth-order valence-corrected chi connectivity index (χ4v) is 8.37. The second-order valence-corrected chi connectivity index (χ2v) is 17.1. The number of rotatable bonds is 7. The molecule has 41 heavy (non-hydrogen) atoms. The topological polar surface area (TPSA) is 92.8 Å². The van der Waals surface area contributed by atoms with Gasteiger partial charge in [0, 0.05) is 22.1 Å². The first-order valence-electron chi connectivity index (χ1n) is 13.5. The van der Waals surface area contributed by atoms with Gasteiger partial charge in [-0.2, -0.15) is 0 Å². The average Bonchev–Trinajstić information content (AvgIpc) is 3.24. The van der Waals surface area contributed by atoms with Crippen LogP contribution in [0.1, 0.15) is 63.8 Å². The summed E-state index contributed by atoms with van der Waals surface area (Å²) in [6.45, 7) is 14.0. The SMILES string of the molecule is COc1c(C(C)(C)C)cc(S(=O)(=O)N2c3ccc(Br)cc3C[C@H]2CNS(=O)(=O)c2ccc(C)cc2)cc1C(C)(C)C. The first-order chi connectivity index (χ1) is 18.9. The van der Waals surface area contributed by atoms with E-state index in [-0.39, 0.29) is 16.3 Å². The smallest absolute Gasteiger partial charge is 0.264 e. The second kappa shape index (κ2) is 11.0. The Morgan fingerprint density at radius 1 is 0.878 bits per heavy atom. The molecule has 0 bridgehead atoms. The lowest BCUT2D eigenvalue weighted by Gasteiger charge is -2.32. The minimum atomic E-state index is -4.11. The summed E-state index contributed by atoms with van der Waals surface area (Å²) in [4.78, 5) is 0.283. The predicted octanol–water partition coefficient (Wildman–Crippen LogP) is 6.46. The van der Waals surface area contributed by atoms with Crippen LogP contribution in [0, 0.1) is 6.92 Å². The molecule has 0 spiro atoms. The van der Waals surface area contributed by atoms with Gasteiger partial charge in [-0.15, -0.1) is 0 Å². The third kappa shape index (κ3) is 6.35. The maximum atomic E-state index is 14.6. The van der Waals surface area contributed by atoms with E-state index in [1.54, 1.807) is 55.6 Å². The molecule has 0 radical (unpaired) electrons. The molecule has 1 aliphatic rings. The first kappa shape index (κ1) is 31.5. The third-order valence-electron chi connectivity index (χ3n) is 7.35. The summed E-state index contributed by atoms with van der Waals surface area (Å²) in [6, 6.07) is 14.8. The van der Waals surface area contributed by atoms with Crippen LogP contribution in [-0.4, -0.2) is 36.5 Å². The summed E-state index contributed by atoms with van der Waals surface area (Å²) >= 11 is 3.49.